The number of amides is 1. The molecule has 5 rings (SSSR count). The zero-order valence-corrected chi connectivity index (χ0v) is 19.6. The number of pyridine rings is 1. The van der Waals surface area contributed by atoms with Gasteiger partial charge in [0, 0.05) is 24.6 Å². The first kappa shape index (κ1) is 23.2. The number of carbonyl (C=O) groups is 1. The number of fused-ring (bicyclic) bond motifs is 1. The van der Waals surface area contributed by atoms with Crippen molar-refractivity contribution in [3.05, 3.63) is 101 Å². The lowest BCUT2D eigenvalue weighted by Crippen LogP contribution is -2.25. The summed E-state index contributed by atoms with van der Waals surface area (Å²) < 4.78 is 24.9. The minimum absolute atomic E-state index is 0.157. The van der Waals surface area contributed by atoms with Gasteiger partial charge in [-0.2, -0.15) is 4.98 Å². The molecule has 0 saturated heterocycles. The highest BCUT2D eigenvalue weighted by molar-refractivity contribution is 5.96. The van der Waals surface area contributed by atoms with Crippen LogP contribution in [-0.2, 0) is 19.6 Å². The number of anilines is 2. The minimum atomic E-state index is -0.374. The average molecular weight is 486 g/mol. The highest BCUT2D eigenvalue weighted by Gasteiger charge is 2.25. The van der Waals surface area contributed by atoms with Crippen LogP contribution in [-0.4, -0.2) is 34.5 Å². The molecule has 2 aromatic heterocycles. The predicted octanol–water partition coefficient (Wildman–Crippen LogP) is 4.22. The molecule has 0 bridgehead atoms. The van der Waals surface area contributed by atoms with Crippen molar-refractivity contribution in [3.63, 3.8) is 0 Å². The van der Waals surface area contributed by atoms with Crippen molar-refractivity contribution < 1.29 is 18.7 Å². The zero-order valence-electron chi connectivity index (χ0n) is 19.6. The van der Waals surface area contributed by atoms with Gasteiger partial charge in [0.05, 0.1) is 19.3 Å². The molecule has 0 fully saturated rings. The molecule has 4 aromatic rings. The molecule has 1 aliphatic rings. The second-order valence-corrected chi connectivity index (χ2v) is 8.20. The lowest BCUT2D eigenvalue weighted by atomic mass is 10.2. The zero-order chi connectivity index (χ0) is 24.9. The van der Waals surface area contributed by atoms with Crippen molar-refractivity contribution in [1.29, 1.82) is 0 Å². The molecule has 0 unspecified atom stereocenters. The smallest absolute Gasteiger partial charge is 0.258 e. The summed E-state index contributed by atoms with van der Waals surface area (Å²) >= 11 is 0. The molecule has 0 radical (unpaired) electrons. The quantitative estimate of drug-likeness (QED) is 0.400. The average Bonchev–Trinajstić information content (AvgIpc) is 3.34. The second kappa shape index (κ2) is 10.4. The molecule has 9 heteroatoms. The van der Waals surface area contributed by atoms with Crippen LogP contribution in [0.25, 0.3) is 0 Å². The van der Waals surface area contributed by atoms with E-state index in [1.165, 1.54) is 18.3 Å². The summed E-state index contributed by atoms with van der Waals surface area (Å²) in [5.41, 5.74) is 3.55. The number of nitrogens with zero attached hydrogens (tertiary/aromatic N) is 4. The lowest BCUT2D eigenvalue weighted by molar-refractivity contribution is 0.0944. The van der Waals surface area contributed by atoms with Gasteiger partial charge in [-0.15, -0.1) is 0 Å². The summed E-state index contributed by atoms with van der Waals surface area (Å²) in [6.07, 6.45) is 3.80. The van der Waals surface area contributed by atoms with Gasteiger partial charge >= 0.3 is 0 Å². The monoisotopic (exact) mass is 485 g/mol. The van der Waals surface area contributed by atoms with Gasteiger partial charge in [-0.25, -0.2) is 9.37 Å². The van der Waals surface area contributed by atoms with Crippen LogP contribution in [0.3, 0.4) is 0 Å². The third-order valence-corrected chi connectivity index (χ3v) is 5.86. The first-order chi connectivity index (χ1) is 17.6. The molecule has 0 aliphatic carbocycles. The fraction of sp³-hybridized carbons (Fsp3) is 0.185. The summed E-state index contributed by atoms with van der Waals surface area (Å²) in [4.78, 5) is 28.2. The molecule has 0 spiro atoms. The molecular weight excluding hydrogens is 461 g/mol. The van der Waals surface area contributed by atoms with Gasteiger partial charge in [0.25, 0.3) is 5.91 Å². The molecule has 182 valence electrons. The highest BCUT2D eigenvalue weighted by Crippen LogP contribution is 2.34. The van der Waals surface area contributed by atoms with E-state index in [1.54, 1.807) is 19.4 Å². The molecule has 0 saturated carbocycles. The first-order valence-corrected chi connectivity index (χ1v) is 11.5. The van der Waals surface area contributed by atoms with Crippen molar-refractivity contribution in [1.82, 2.24) is 20.3 Å². The highest BCUT2D eigenvalue weighted by atomic mass is 19.1. The van der Waals surface area contributed by atoms with Crippen molar-refractivity contribution in [2.75, 3.05) is 18.6 Å². The summed E-state index contributed by atoms with van der Waals surface area (Å²) in [5, 5.41) is 2.85. The maximum Gasteiger partial charge on any atom is 0.258 e. The summed E-state index contributed by atoms with van der Waals surface area (Å²) in [7, 11) is 1.61. The topological polar surface area (TPSA) is 89.5 Å². The summed E-state index contributed by atoms with van der Waals surface area (Å²) in [6, 6.07) is 17.6. The maximum absolute atomic E-state index is 13.7. The Hall–Kier alpha value is -4.53. The molecule has 36 heavy (non-hydrogen) atoms. The first-order valence-electron chi connectivity index (χ1n) is 11.5. The normalized spacial score (nSPS) is 12.2. The van der Waals surface area contributed by atoms with Crippen LogP contribution in [0.5, 0.6) is 11.6 Å². The van der Waals surface area contributed by atoms with Crippen molar-refractivity contribution >= 4 is 17.5 Å². The summed E-state index contributed by atoms with van der Waals surface area (Å²) in [5.74, 6) is 0.624. The Morgan fingerprint density at radius 1 is 1.11 bits per heavy atom. The van der Waals surface area contributed by atoms with Gasteiger partial charge in [0.1, 0.15) is 23.7 Å². The number of methoxy groups -OCH3 is 1. The number of hydrogen-bond donors (Lipinski definition) is 1. The molecule has 0 atom stereocenters. The number of nitrogens with one attached hydrogen (secondary N) is 1. The van der Waals surface area contributed by atoms with E-state index in [1.807, 2.05) is 47.4 Å². The van der Waals surface area contributed by atoms with E-state index in [0.29, 0.717) is 18.9 Å². The van der Waals surface area contributed by atoms with E-state index in [0.717, 1.165) is 28.3 Å². The van der Waals surface area contributed by atoms with E-state index < -0.39 is 0 Å². The van der Waals surface area contributed by atoms with Crippen molar-refractivity contribution in [2.24, 2.45) is 0 Å². The largest absolute Gasteiger partial charge is 0.497 e. The molecule has 8 nitrogen and oxygen atoms in total. The Balaban J connectivity index is 1.41. The van der Waals surface area contributed by atoms with Crippen LogP contribution in [0.4, 0.5) is 16.0 Å². The van der Waals surface area contributed by atoms with Gasteiger partial charge < -0.3 is 19.7 Å². The van der Waals surface area contributed by atoms with Gasteiger partial charge in [-0.1, -0.05) is 18.2 Å². The second-order valence-electron chi connectivity index (χ2n) is 8.20. The Kier molecular flexibility index (Phi) is 6.70. The van der Waals surface area contributed by atoms with E-state index in [-0.39, 0.29) is 36.3 Å². The van der Waals surface area contributed by atoms with Crippen LogP contribution in [0, 0.1) is 5.82 Å². The number of rotatable bonds is 8. The third-order valence-electron chi connectivity index (χ3n) is 5.86. The van der Waals surface area contributed by atoms with Crippen LogP contribution in [0.1, 0.15) is 27.2 Å². The van der Waals surface area contributed by atoms with Crippen LogP contribution < -0.4 is 19.7 Å². The van der Waals surface area contributed by atoms with E-state index in [2.05, 4.69) is 20.3 Å². The number of benzene rings is 2. The third kappa shape index (κ3) is 5.10. The van der Waals surface area contributed by atoms with Crippen LogP contribution in [0.2, 0.25) is 0 Å². The Labute approximate surface area is 207 Å². The standard InChI is InChI=1S/C27H24FN5O3/c1-35-22-8-5-18(6-9-22)17-36-26-23(25(34)30-15-21-4-2-3-12-29-21)16-31-27(32-26)33-13-11-19-14-20(28)7-10-24(19)33/h2-10,12,14,16H,11,13,15,17H2,1H3,(H,30,34). The van der Waals surface area contributed by atoms with Gasteiger partial charge in [0.15, 0.2) is 0 Å². The van der Waals surface area contributed by atoms with Gasteiger partial charge in [-0.3, -0.25) is 9.78 Å². The predicted molar refractivity (Wildman–Crippen MR) is 132 cm³/mol. The SMILES string of the molecule is COc1ccc(COc2nc(N3CCc4cc(F)ccc43)ncc2C(=O)NCc2ccccn2)cc1. The number of halogens is 1. The van der Waals surface area contributed by atoms with Crippen molar-refractivity contribution in [2.45, 2.75) is 19.6 Å². The molecule has 1 aliphatic heterocycles. The Morgan fingerprint density at radius 3 is 2.75 bits per heavy atom. The fourth-order valence-corrected chi connectivity index (χ4v) is 3.97. The fourth-order valence-electron chi connectivity index (χ4n) is 3.97. The lowest BCUT2D eigenvalue weighted by Gasteiger charge is -2.19. The number of carbonyl (C=O) groups excluding carboxylic acids is 1. The molecule has 3 heterocycles. The molecular formula is C27H24FN5O3. The van der Waals surface area contributed by atoms with Crippen molar-refractivity contribution in [3.8, 4) is 11.6 Å². The number of ether oxygens (including phenoxy) is 2. The molecule has 1 N–H and O–H groups in total. The van der Waals surface area contributed by atoms with E-state index in [9.17, 15) is 9.18 Å². The summed E-state index contributed by atoms with van der Waals surface area (Å²) in [6.45, 7) is 1.05. The van der Waals surface area contributed by atoms with Crippen LogP contribution >= 0.6 is 0 Å². The Bertz CT molecular complexity index is 1370. The van der Waals surface area contributed by atoms with E-state index >= 15 is 0 Å². The van der Waals surface area contributed by atoms with Gasteiger partial charge in [-0.05, 0) is 60.0 Å². The van der Waals surface area contributed by atoms with Gasteiger partial charge in [0.2, 0.25) is 11.8 Å². The minimum Gasteiger partial charge on any atom is -0.497 e. The van der Waals surface area contributed by atoms with Crippen LogP contribution in [0.15, 0.2) is 73.1 Å². The molecule has 1 amide bonds. The Morgan fingerprint density at radius 2 is 1.97 bits per heavy atom. The number of aromatic nitrogens is 3. The molecule has 2 aromatic carbocycles. The maximum atomic E-state index is 13.7. The number of hydrogen-bond acceptors (Lipinski definition) is 7. The van der Waals surface area contributed by atoms with E-state index in [4.69, 9.17) is 9.47 Å².